The topological polar surface area (TPSA) is 49.4 Å². The van der Waals surface area contributed by atoms with Crippen LogP contribution in [0.5, 0.6) is 0 Å². The zero-order valence-corrected chi connectivity index (χ0v) is 22.1. The van der Waals surface area contributed by atoms with Crippen molar-refractivity contribution in [2.75, 3.05) is 12.3 Å². The van der Waals surface area contributed by atoms with Gasteiger partial charge in [0.2, 0.25) is 11.8 Å². The molecule has 0 unspecified atom stereocenters. The van der Waals surface area contributed by atoms with E-state index in [9.17, 15) is 9.59 Å². The zero-order chi connectivity index (χ0) is 25.0. The molecule has 3 rings (SSSR count). The lowest BCUT2D eigenvalue weighted by Crippen LogP contribution is -2.50. The number of hydrogen-bond donors (Lipinski definition) is 1. The molecule has 7 heteroatoms. The number of likely N-dealkylation sites (N-methyl/N-ethyl adjacent to an activating group) is 1. The van der Waals surface area contributed by atoms with E-state index in [0.717, 1.165) is 16.9 Å². The van der Waals surface area contributed by atoms with E-state index in [2.05, 4.69) is 17.4 Å². The zero-order valence-electron chi connectivity index (χ0n) is 19.8. The van der Waals surface area contributed by atoms with Crippen LogP contribution < -0.4 is 5.32 Å². The largest absolute Gasteiger partial charge is 0.355 e. The number of carbonyl (C=O) groups excluding carboxylic acids is 2. The van der Waals surface area contributed by atoms with Crippen LogP contribution in [-0.2, 0) is 28.3 Å². The first-order valence-electron chi connectivity index (χ1n) is 11.6. The van der Waals surface area contributed by atoms with Crippen molar-refractivity contribution < 1.29 is 9.59 Å². The third-order valence-corrected chi connectivity index (χ3v) is 7.17. The van der Waals surface area contributed by atoms with Gasteiger partial charge < -0.3 is 10.2 Å². The second kappa shape index (κ2) is 14.2. The van der Waals surface area contributed by atoms with Gasteiger partial charge in [0, 0.05) is 47.5 Å². The normalized spacial score (nSPS) is 11.6. The van der Waals surface area contributed by atoms with E-state index >= 15 is 0 Å². The standard InChI is InChI=1S/C28H30Cl2N2O2S/c1-2-31-28(34)26(17-21-9-5-3-6-10-21)32(19-23-13-14-24(29)18-25(23)30)27(33)15-16-35-20-22-11-7-4-8-12-22/h3-14,18,26H,2,15-17,19-20H2,1H3,(H,31,34)/t26-/m0/s1. The van der Waals surface area contributed by atoms with E-state index in [4.69, 9.17) is 23.2 Å². The fraction of sp³-hybridized carbons (Fsp3) is 0.286. The van der Waals surface area contributed by atoms with Gasteiger partial charge in [0.05, 0.1) is 0 Å². The number of halogens is 2. The summed E-state index contributed by atoms with van der Waals surface area (Å²) in [6.45, 7) is 2.59. The van der Waals surface area contributed by atoms with Gasteiger partial charge in [0.1, 0.15) is 6.04 Å². The molecule has 0 aliphatic rings. The average molecular weight is 530 g/mol. The lowest BCUT2D eigenvalue weighted by molar-refractivity contribution is -0.140. The van der Waals surface area contributed by atoms with E-state index in [-0.39, 0.29) is 18.4 Å². The van der Waals surface area contributed by atoms with Gasteiger partial charge in [0.25, 0.3) is 0 Å². The fourth-order valence-corrected chi connectivity index (χ4v) is 5.11. The van der Waals surface area contributed by atoms with E-state index in [1.165, 1.54) is 5.56 Å². The molecular formula is C28H30Cl2N2O2S. The summed E-state index contributed by atoms with van der Waals surface area (Å²) in [4.78, 5) is 28.4. The van der Waals surface area contributed by atoms with Crippen LogP contribution in [0, 0.1) is 0 Å². The van der Waals surface area contributed by atoms with Gasteiger partial charge in [-0.25, -0.2) is 0 Å². The highest BCUT2D eigenvalue weighted by Gasteiger charge is 2.30. The van der Waals surface area contributed by atoms with Crippen molar-refractivity contribution in [2.24, 2.45) is 0 Å². The number of thioether (sulfide) groups is 1. The lowest BCUT2D eigenvalue weighted by Gasteiger charge is -2.32. The first-order valence-corrected chi connectivity index (χ1v) is 13.6. The summed E-state index contributed by atoms with van der Waals surface area (Å²) in [5, 5.41) is 3.91. The predicted molar refractivity (Wildman–Crippen MR) is 147 cm³/mol. The Labute approximate surface area is 222 Å². The maximum atomic E-state index is 13.5. The van der Waals surface area contributed by atoms with Crippen molar-refractivity contribution in [1.29, 1.82) is 0 Å². The summed E-state index contributed by atoms with van der Waals surface area (Å²) in [6, 6.07) is 24.5. The van der Waals surface area contributed by atoms with Crippen molar-refractivity contribution in [1.82, 2.24) is 10.2 Å². The number of rotatable bonds is 12. The van der Waals surface area contributed by atoms with Gasteiger partial charge in [0.15, 0.2) is 0 Å². The average Bonchev–Trinajstić information content (AvgIpc) is 2.86. The number of hydrogen-bond acceptors (Lipinski definition) is 3. The van der Waals surface area contributed by atoms with Crippen LogP contribution >= 0.6 is 35.0 Å². The molecule has 0 radical (unpaired) electrons. The maximum absolute atomic E-state index is 13.5. The lowest BCUT2D eigenvalue weighted by atomic mass is 10.0. The summed E-state index contributed by atoms with van der Waals surface area (Å²) in [5.74, 6) is 1.24. The monoisotopic (exact) mass is 528 g/mol. The molecule has 1 atom stereocenters. The minimum absolute atomic E-state index is 0.0798. The Balaban J connectivity index is 1.80. The molecule has 1 N–H and O–H groups in total. The van der Waals surface area contributed by atoms with Gasteiger partial charge in [-0.15, -0.1) is 0 Å². The van der Waals surface area contributed by atoms with Crippen LogP contribution in [0.25, 0.3) is 0 Å². The Bertz CT molecular complexity index is 1100. The molecule has 0 saturated carbocycles. The molecule has 35 heavy (non-hydrogen) atoms. The molecule has 184 valence electrons. The third-order valence-electron chi connectivity index (χ3n) is 5.55. The van der Waals surface area contributed by atoms with Crippen molar-refractivity contribution in [3.8, 4) is 0 Å². The molecule has 0 heterocycles. The molecule has 0 aliphatic carbocycles. The Morgan fingerprint density at radius 1 is 0.943 bits per heavy atom. The summed E-state index contributed by atoms with van der Waals surface area (Å²) in [7, 11) is 0. The summed E-state index contributed by atoms with van der Waals surface area (Å²) >= 11 is 14.2. The van der Waals surface area contributed by atoms with Crippen LogP contribution in [0.1, 0.15) is 30.0 Å². The van der Waals surface area contributed by atoms with Crippen LogP contribution in [0.15, 0.2) is 78.9 Å². The van der Waals surface area contributed by atoms with Crippen LogP contribution in [0.3, 0.4) is 0 Å². The molecule has 3 aromatic carbocycles. The van der Waals surface area contributed by atoms with Crippen LogP contribution in [0.4, 0.5) is 0 Å². The molecule has 0 bridgehead atoms. The summed E-state index contributed by atoms with van der Waals surface area (Å²) in [6.07, 6.45) is 0.744. The first-order chi connectivity index (χ1) is 17.0. The Morgan fingerprint density at radius 3 is 2.23 bits per heavy atom. The predicted octanol–water partition coefficient (Wildman–Crippen LogP) is 6.39. The van der Waals surface area contributed by atoms with Crippen molar-refractivity contribution in [3.05, 3.63) is 106 Å². The summed E-state index contributed by atoms with van der Waals surface area (Å²) < 4.78 is 0. The molecule has 0 spiro atoms. The van der Waals surface area contributed by atoms with E-state index < -0.39 is 6.04 Å². The smallest absolute Gasteiger partial charge is 0.243 e. The second-order valence-corrected chi connectivity index (χ2v) is 10.1. The van der Waals surface area contributed by atoms with Crippen LogP contribution in [0.2, 0.25) is 10.0 Å². The number of benzene rings is 3. The molecule has 0 aliphatic heterocycles. The molecule has 2 amide bonds. The fourth-order valence-electron chi connectivity index (χ4n) is 3.75. The molecule has 4 nitrogen and oxygen atoms in total. The molecule has 0 fully saturated rings. The van der Waals surface area contributed by atoms with E-state index in [1.54, 1.807) is 28.8 Å². The minimum atomic E-state index is -0.657. The highest BCUT2D eigenvalue weighted by molar-refractivity contribution is 7.98. The highest BCUT2D eigenvalue weighted by atomic mass is 35.5. The first kappa shape index (κ1) is 27.1. The van der Waals surface area contributed by atoms with Crippen molar-refractivity contribution in [2.45, 2.75) is 38.1 Å². The Morgan fingerprint density at radius 2 is 1.60 bits per heavy atom. The van der Waals surface area contributed by atoms with Gasteiger partial charge in [-0.1, -0.05) is 89.9 Å². The maximum Gasteiger partial charge on any atom is 0.243 e. The van der Waals surface area contributed by atoms with Crippen molar-refractivity contribution in [3.63, 3.8) is 0 Å². The third kappa shape index (κ3) is 8.60. The quantitative estimate of drug-likeness (QED) is 0.277. The van der Waals surface area contributed by atoms with Gasteiger partial charge in [-0.05, 0) is 35.7 Å². The molecule has 0 aromatic heterocycles. The van der Waals surface area contributed by atoms with E-state index in [1.807, 2.05) is 61.5 Å². The summed E-state index contributed by atoms with van der Waals surface area (Å²) in [5.41, 5.74) is 2.96. The minimum Gasteiger partial charge on any atom is -0.355 e. The van der Waals surface area contributed by atoms with Gasteiger partial charge in [-0.2, -0.15) is 11.8 Å². The van der Waals surface area contributed by atoms with Crippen molar-refractivity contribution >= 4 is 46.8 Å². The molecule has 0 saturated heterocycles. The van der Waals surface area contributed by atoms with E-state index in [0.29, 0.717) is 35.2 Å². The Hall–Kier alpha value is -2.47. The van der Waals surface area contributed by atoms with Gasteiger partial charge in [-0.3, -0.25) is 9.59 Å². The number of nitrogens with one attached hydrogen (secondary N) is 1. The van der Waals surface area contributed by atoms with Crippen LogP contribution in [-0.4, -0.2) is 35.1 Å². The molecule has 3 aromatic rings. The number of carbonyl (C=O) groups is 2. The van der Waals surface area contributed by atoms with Gasteiger partial charge >= 0.3 is 0 Å². The Kier molecular flexibility index (Phi) is 11.0. The highest BCUT2D eigenvalue weighted by Crippen LogP contribution is 2.25. The molecular weight excluding hydrogens is 499 g/mol. The second-order valence-electron chi connectivity index (χ2n) is 8.15. The SMILES string of the molecule is CCNC(=O)[C@H](Cc1ccccc1)N(Cc1ccc(Cl)cc1Cl)C(=O)CCSCc1ccccc1. The number of nitrogens with zero attached hydrogens (tertiary/aromatic N) is 1. The number of amides is 2.